The lowest BCUT2D eigenvalue weighted by molar-refractivity contribution is -0.159. The van der Waals surface area contributed by atoms with Crippen molar-refractivity contribution in [2.24, 2.45) is 0 Å². The van der Waals surface area contributed by atoms with Gasteiger partial charge in [0.15, 0.2) is 17.3 Å². The molecule has 2 aromatic carbocycles. The molecular formula is C19H9F3N4O3. The monoisotopic (exact) mass is 398 g/mol. The molecule has 4 aromatic rings. The molecule has 0 aliphatic heterocycles. The van der Waals surface area contributed by atoms with Crippen LogP contribution in [0.2, 0.25) is 0 Å². The van der Waals surface area contributed by atoms with Crippen LogP contribution in [0, 0.1) is 11.3 Å². The summed E-state index contributed by atoms with van der Waals surface area (Å²) in [5, 5.41) is 12.7. The number of halogens is 3. The van der Waals surface area contributed by atoms with E-state index in [1.54, 1.807) is 24.3 Å². The maximum atomic E-state index is 12.7. The van der Waals surface area contributed by atoms with E-state index in [9.17, 15) is 23.2 Å². The summed E-state index contributed by atoms with van der Waals surface area (Å²) in [5.41, 5.74) is 1.34. The van der Waals surface area contributed by atoms with Gasteiger partial charge in [0.2, 0.25) is 11.7 Å². The van der Waals surface area contributed by atoms with Crippen molar-refractivity contribution in [3.63, 3.8) is 0 Å². The zero-order valence-electron chi connectivity index (χ0n) is 14.3. The molecule has 0 saturated carbocycles. The highest BCUT2D eigenvalue weighted by Gasteiger charge is 2.38. The molecule has 144 valence electrons. The second-order valence-corrected chi connectivity index (χ2v) is 5.94. The van der Waals surface area contributed by atoms with Gasteiger partial charge in [0.25, 0.3) is 0 Å². The smallest absolute Gasteiger partial charge is 0.439 e. The van der Waals surface area contributed by atoms with Crippen LogP contribution in [0.1, 0.15) is 28.1 Å². The number of para-hydroxylation sites is 2. The first kappa shape index (κ1) is 18.4. The van der Waals surface area contributed by atoms with Crippen LogP contribution in [-0.4, -0.2) is 20.9 Å². The van der Waals surface area contributed by atoms with Crippen LogP contribution in [0.15, 0.2) is 57.5 Å². The van der Waals surface area contributed by atoms with Crippen molar-refractivity contribution in [2.75, 3.05) is 0 Å². The minimum Gasteiger partial charge on any atom is -0.439 e. The Balaban J connectivity index is 1.60. The minimum absolute atomic E-state index is 0.0317. The zero-order valence-corrected chi connectivity index (χ0v) is 14.3. The summed E-state index contributed by atoms with van der Waals surface area (Å²) in [6, 6.07) is 14.1. The molecule has 2 aromatic heterocycles. The Kier molecular flexibility index (Phi) is 4.35. The lowest BCUT2D eigenvalue weighted by atomic mass is 9.98. The number of oxazole rings is 1. The number of rotatable bonds is 4. The third kappa shape index (κ3) is 3.45. The molecule has 0 spiro atoms. The van der Waals surface area contributed by atoms with E-state index in [1.165, 1.54) is 24.3 Å². The standard InChI is InChI=1S/C19H9F3N4O3/c20-19(21,22)18-25-16(26-29-18)11-7-5-10(6-8-11)15(27)12(9-23)17-24-13-3-1-2-4-14(13)28-17/h1-8,12H. The lowest BCUT2D eigenvalue weighted by Gasteiger charge is -2.05. The second kappa shape index (κ2) is 6.87. The van der Waals surface area contributed by atoms with Gasteiger partial charge in [-0.3, -0.25) is 4.79 Å². The minimum atomic E-state index is -4.75. The first-order valence-electron chi connectivity index (χ1n) is 8.17. The van der Waals surface area contributed by atoms with Crippen molar-refractivity contribution in [3.05, 3.63) is 65.9 Å². The van der Waals surface area contributed by atoms with Crippen molar-refractivity contribution in [3.8, 4) is 17.5 Å². The fourth-order valence-corrected chi connectivity index (χ4v) is 2.65. The summed E-state index contributed by atoms with van der Waals surface area (Å²) in [4.78, 5) is 20.2. The van der Waals surface area contributed by atoms with Gasteiger partial charge in [-0.25, -0.2) is 4.98 Å². The van der Waals surface area contributed by atoms with Crippen LogP contribution in [-0.2, 0) is 6.18 Å². The van der Waals surface area contributed by atoms with Crippen LogP contribution >= 0.6 is 0 Å². The molecule has 0 amide bonds. The van der Waals surface area contributed by atoms with Crippen LogP contribution in [0.25, 0.3) is 22.5 Å². The molecule has 0 bridgehead atoms. The number of carbonyl (C=O) groups excluding carboxylic acids is 1. The Hall–Kier alpha value is -4.00. The fraction of sp³-hybridized carbons (Fsp3) is 0.105. The number of benzene rings is 2. The van der Waals surface area contributed by atoms with E-state index in [4.69, 9.17) is 4.42 Å². The highest BCUT2D eigenvalue weighted by atomic mass is 19.4. The van der Waals surface area contributed by atoms with Crippen LogP contribution in [0.3, 0.4) is 0 Å². The molecule has 10 heteroatoms. The van der Waals surface area contributed by atoms with E-state index in [0.717, 1.165) is 0 Å². The number of hydrogen-bond acceptors (Lipinski definition) is 7. The molecule has 1 unspecified atom stereocenters. The Morgan fingerprint density at radius 2 is 1.79 bits per heavy atom. The van der Waals surface area contributed by atoms with Gasteiger partial charge in [-0.15, -0.1) is 0 Å². The van der Waals surface area contributed by atoms with Gasteiger partial charge < -0.3 is 8.94 Å². The fourth-order valence-electron chi connectivity index (χ4n) is 2.65. The molecule has 7 nitrogen and oxygen atoms in total. The maximum Gasteiger partial charge on any atom is 0.471 e. The molecule has 2 heterocycles. The van der Waals surface area contributed by atoms with E-state index in [2.05, 4.69) is 19.6 Å². The summed E-state index contributed by atoms with van der Waals surface area (Å²) in [6.07, 6.45) is -4.75. The summed E-state index contributed by atoms with van der Waals surface area (Å²) in [5.74, 6) is -3.60. The van der Waals surface area contributed by atoms with Gasteiger partial charge in [0.1, 0.15) is 5.52 Å². The molecule has 0 aliphatic rings. The summed E-state index contributed by atoms with van der Waals surface area (Å²) in [6.45, 7) is 0. The van der Waals surface area contributed by atoms with Crippen LogP contribution in [0.5, 0.6) is 0 Å². The van der Waals surface area contributed by atoms with Crippen molar-refractivity contribution in [2.45, 2.75) is 12.1 Å². The van der Waals surface area contributed by atoms with E-state index in [0.29, 0.717) is 11.1 Å². The zero-order chi connectivity index (χ0) is 20.6. The quantitative estimate of drug-likeness (QED) is 0.470. The van der Waals surface area contributed by atoms with Gasteiger partial charge in [0, 0.05) is 11.1 Å². The molecule has 1 atom stereocenters. The van der Waals surface area contributed by atoms with Crippen molar-refractivity contribution < 1.29 is 26.9 Å². The average molecular weight is 398 g/mol. The number of aromatic nitrogens is 3. The first-order chi connectivity index (χ1) is 13.9. The Bertz CT molecular complexity index is 1200. The molecule has 0 saturated heterocycles. The normalized spacial score (nSPS) is 12.6. The molecule has 0 fully saturated rings. The topological polar surface area (TPSA) is 106 Å². The van der Waals surface area contributed by atoms with Gasteiger partial charge in [-0.2, -0.15) is 23.4 Å². The number of nitriles is 1. The second-order valence-electron chi connectivity index (χ2n) is 5.94. The molecular weight excluding hydrogens is 389 g/mol. The van der Waals surface area contributed by atoms with E-state index >= 15 is 0 Å². The van der Waals surface area contributed by atoms with Crippen LogP contribution < -0.4 is 0 Å². The third-order valence-corrected chi connectivity index (χ3v) is 4.04. The average Bonchev–Trinajstić information content (AvgIpc) is 3.36. The van der Waals surface area contributed by atoms with Crippen molar-refractivity contribution >= 4 is 16.9 Å². The molecule has 4 rings (SSSR count). The van der Waals surface area contributed by atoms with Gasteiger partial charge in [-0.1, -0.05) is 41.6 Å². The predicted molar refractivity (Wildman–Crippen MR) is 91.4 cm³/mol. The molecule has 0 aliphatic carbocycles. The molecule has 29 heavy (non-hydrogen) atoms. The number of fused-ring (bicyclic) bond motifs is 1. The first-order valence-corrected chi connectivity index (χ1v) is 8.17. The molecule has 0 radical (unpaired) electrons. The number of Topliss-reactive ketones (excluding diaryl/α,β-unsaturated/α-hetero) is 1. The van der Waals surface area contributed by atoms with Gasteiger partial charge in [-0.05, 0) is 12.1 Å². The van der Waals surface area contributed by atoms with E-state index in [1.807, 2.05) is 6.07 Å². The van der Waals surface area contributed by atoms with Gasteiger partial charge in [0.05, 0.1) is 6.07 Å². The Morgan fingerprint density at radius 3 is 2.41 bits per heavy atom. The largest absolute Gasteiger partial charge is 0.471 e. The molecule has 0 N–H and O–H groups in total. The number of hydrogen-bond donors (Lipinski definition) is 0. The Labute approximate surface area is 160 Å². The van der Waals surface area contributed by atoms with E-state index in [-0.39, 0.29) is 22.8 Å². The summed E-state index contributed by atoms with van der Waals surface area (Å²) in [7, 11) is 0. The maximum absolute atomic E-state index is 12.7. The van der Waals surface area contributed by atoms with E-state index < -0.39 is 23.8 Å². The summed E-state index contributed by atoms with van der Waals surface area (Å²) < 4.78 is 47.4. The summed E-state index contributed by atoms with van der Waals surface area (Å²) >= 11 is 0. The highest BCUT2D eigenvalue weighted by Crippen LogP contribution is 2.30. The Morgan fingerprint density at radius 1 is 1.07 bits per heavy atom. The number of alkyl halides is 3. The highest BCUT2D eigenvalue weighted by molar-refractivity contribution is 6.02. The number of nitrogens with zero attached hydrogens (tertiary/aromatic N) is 4. The van der Waals surface area contributed by atoms with Gasteiger partial charge >= 0.3 is 12.1 Å². The predicted octanol–water partition coefficient (Wildman–Crippen LogP) is 4.39. The van der Waals surface area contributed by atoms with Crippen molar-refractivity contribution in [1.82, 2.24) is 15.1 Å². The van der Waals surface area contributed by atoms with Crippen molar-refractivity contribution in [1.29, 1.82) is 5.26 Å². The number of ketones is 1. The third-order valence-electron chi connectivity index (χ3n) is 4.04. The number of carbonyl (C=O) groups is 1. The SMILES string of the molecule is N#CC(C(=O)c1ccc(-c2noc(C(F)(F)F)n2)cc1)c1nc2ccccc2o1. The lowest BCUT2D eigenvalue weighted by Crippen LogP contribution is -2.11. The van der Waals surface area contributed by atoms with Crippen LogP contribution in [0.4, 0.5) is 13.2 Å².